The zero-order chi connectivity index (χ0) is 25.4. The van der Waals surface area contributed by atoms with Crippen molar-refractivity contribution in [1.29, 1.82) is 0 Å². The molecule has 0 spiro atoms. The normalized spacial score (nSPS) is 11.8. The van der Waals surface area contributed by atoms with E-state index in [-0.39, 0.29) is 6.42 Å². The van der Waals surface area contributed by atoms with Gasteiger partial charge in [0.25, 0.3) is 0 Å². The number of thiocarbonyl (C=S) groups is 1. The number of thiol groups is 1. The molecule has 0 heterocycles. The maximum atomic E-state index is 12.7. The van der Waals surface area contributed by atoms with E-state index in [0.717, 1.165) is 51.4 Å². The molecule has 0 aromatic heterocycles. The predicted octanol–water partition coefficient (Wildman–Crippen LogP) is 7.85. The van der Waals surface area contributed by atoms with Gasteiger partial charge in [-0.1, -0.05) is 129 Å². The van der Waals surface area contributed by atoms with E-state index < -0.39 is 17.9 Å². The van der Waals surface area contributed by atoms with Gasteiger partial charge in [0.05, 0.1) is 19.6 Å². The molecule has 0 N–H and O–H groups in total. The molecule has 200 valence electrons. The van der Waals surface area contributed by atoms with E-state index in [1.165, 1.54) is 51.4 Å². The minimum absolute atomic E-state index is 0.0906. The van der Waals surface area contributed by atoms with Crippen LogP contribution in [0.5, 0.6) is 0 Å². The average molecular weight is 518 g/mol. The lowest BCUT2D eigenvalue weighted by Gasteiger charge is -2.24. The van der Waals surface area contributed by atoms with Gasteiger partial charge < -0.3 is 13.8 Å². The molecule has 0 aromatic rings. The Kier molecular flexibility index (Phi) is 23.3. The molecule has 0 aliphatic heterocycles. The van der Waals surface area contributed by atoms with Crippen LogP contribution in [0.4, 0.5) is 0 Å². The summed E-state index contributed by atoms with van der Waals surface area (Å²) in [4.78, 5) is 25.4. The van der Waals surface area contributed by atoms with Gasteiger partial charge in [0.1, 0.15) is 10.9 Å². The lowest BCUT2D eigenvalue weighted by molar-refractivity contribution is -0.153. The summed E-state index contributed by atoms with van der Waals surface area (Å²) in [5, 5.41) is 0. The van der Waals surface area contributed by atoms with Crippen LogP contribution in [0.2, 0.25) is 0 Å². The average Bonchev–Trinajstić information content (AvgIpc) is 2.83. The van der Waals surface area contributed by atoms with Crippen molar-refractivity contribution in [3.05, 3.63) is 0 Å². The SMILES string of the molecule is CCCCCCCCCCCCN(S)C(=S)C(CC(=O)OCCCCC)C(=O)OCCCCC. The van der Waals surface area contributed by atoms with Gasteiger partial charge in [0.2, 0.25) is 0 Å². The van der Waals surface area contributed by atoms with E-state index >= 15 is 0 Å². The van der Waals surface area contributed by atoms with E-state index in [0.29, 0.717) is 24.7 Å². The molecule has 0 rings (SSSR count). The van der Waals surface area contributed by atoms with E-state index in [1.807, 2.05) is 0 Å². The van der Waals surface area contributed by atoms with Crippen LogP contribution in [0.3, 0.4) is 0 Å². The van der Waals surface area contributed by atoms with Crippen LogP contribution in [0.25, 0.3) is 0 Å². The highest BCUT2D eigenvalue weighted by atomic mass is 32.1. The molecule has 1 unspecified atom stereocenters. The number of nitrogens with zero attached hydrogens (tertiary/aromatic N) is 1. The fraction of sp³-hybridized carbons (Fsp3) is 0.889. The Morgan fingerprint density at radius 3 is 1.68 bits per heavy atom. The predicted molar refractivity (Wildman–Crippen MR) is 149 cm³/mol. The van der Waals surface area contributed by atoms with Gasteiger partial charge in [0, 0.05) is 6.54 Å². The molecule has 0 saturated heterocycles. The zero-order valence-electron chi connectivity index (χ0n) is 22.2. The maximum absolute atomic E-state index is 12.7. The van der Waals surface area contributed by atoms with Crippen molar-refractivity contribution in [3.63, 3.8) is 0 Å². The molecule has 0 fully saturated rings. The van der Waals surface area contributed by atoms with Gasteiger partial charge in [-0.05, 0) is 19.3 Å². The summed E-state index contributed by atoms with van der Waals surface area (Å²) in [5.41, 5.74) is 0. The highest BCUT2D eigenvalue weighted by molar-refractivity contribution is 7.84. The van der Waals surface area contributed by atoms with E-state index in [9.17, 15) is 9.59 Å². The number of hydrogen-bond acceptors (Lipinski definition) is 6. The summed E-state index contributed by atoms with van der Waals surface area (Å²) in [6, 6.07) is 0. The third kappa shape index (κ3) is 18.5. The van der Waals surface area contributed by atoms with Crippen LogP contribution < -0.4 is 0 Å². The van der Waals surface area contributed by atoms with Crippen molar-refractivity contribution in [3.8, 4) is 0 Å². The monoisotopic (exact) mass is 517 g/mol. The fourth-order valence-corrected chi connectivity index (χ4v) is 4.25. The van der Waals surface area contributed by atoms with Crippen molar-refractivity contribution < 1.29 is 19.1 Å². The number of unbranched alkanes of at least 4 members (excludes halogenated alkanes) is 13. The van der Waals surface area contributed by atoms with E-state index in [2.05, 4.69) is 33.6 Å². The molecule has 5 nitrogen and oxygen atoms in total. The Hall–Kier alpha value is -0.820. The van der Waals surface area contributed by atoms with Gasteiger partial charge in [-0.3, -0.25) is 9.59 Å². The molecule has 34 heavy (non-hydrogen) atoms. The molecule has 0 saturated carbocycles. The fourth-order valence-electron chi connectivity index (χ4n) is 3.70. The lowest BCUT2D eigenvalue weighted by atomic mass is 10.0. The van der Waals surface area contributed by atoms with E-state index in [4.69, 9.17) is 21.7 Å². The van der Waals surface area contributed by atoms with Crippen molar-refractivity contribution in [2.45, 2.75) is 130 Å². The second-order valence-electron chi connectivity index (χ2n) is 9.20. The van der Waals surface area contributed by atoms with Crippen molar-refractivity contribution >= 4 is 42.0 Å². The van der Waals surface area contributed by atoms with Gasteiger partial charge >= 0.3 is 11.9 Å². The number of hydrogen-bond donors (Lipinski definition) is 1. The summed E-state index contributed by atoms with van der Waals surface area (Å²) < 4.78 is 12.4. The third-order valence-corrected chi connectivity index (χ3v) is 6.99. The number of carbonyl (C=O) groups excluding carboxylic acids is 2. The molecule has 0 aliphatic rings. The van der Waals surface area contributed by atoms with Gasteiger partial charge in [-0.15, -0.1) is 0 Å². The first-order chi connectivity index (χ1) is 16.5. The molecular weight excluding hydrogens is 466 g/mol. The summed E-state index contributed by atoms with van der Waals surface area (Å²) in [5.74, 6) is -1.68. The van der Waals surface area contributed by atoms with Crippen LogP contribution in [0, 0.1) is 5.92 Å². The standard InChI is InChI=1S/C27H51NO4S2/c1-4-7-10-11-12-13-14-15-16-17-20-28(34)26(33)24(27(30)32-22-19-9-6-3)23-25(29)31-21-18-8-5-2/h24,34H,4-23H2,1-3H3. The summed E-state index contributed by atoms with van der Waals surface area (Å²) >= 11 is 10.1. The lowest BCUT2D eigenvalue weighted by Crippen LogP contribution is -2.36. The molecular formula is C27H51NO4S2. The Bertz CT molecular complexity index is 531. The smallest absolute Gasteiger partial charge is 0.316 e. The van der Waals surface area contributed by atoms with Crippen molar-refractivity contribution in [2.24, 2.45) is 5.92 Å². The first-order valence-corrected chi connectivity index (χ1v) is 14.6. The van der Waals surface area contributed by atoms with Crippen LogP contribution in [-0.4, -0.2) is 41.0 Å². The van der Waals surface area contributed by atoms with Crippen molar-refractivity contribution in [2.75, 3.05) is 19.8 Å². The number of rotatable bonds is 23. The largest absolute Gasteiger partial charge is 0.466 e. The topological polar surface area (TPSA) is 55.8 Å². The van der Waals surface area contributed by atoms with Gasteiger partial charge in [-0.2, -0.15) is 0 Å². The van der Waals surface area contributed by atoms with Gasteiger partial charge in [-0.25, -0.2) is 0 Å². The van der Waals surface area contributed by atoms with Crippen molar-refractivity contribution in [1.82, 2.24) is 4.31 Å². The minimum atomic E-state index is -0.823. The van der Waals surface area contributed by atoms with Crippen LogP contribution in [0.1, 0.15) is 130 Å². The molecule has 0 radical (unpaired) electrons. The highest BCUT2D eigenvalue weighted by Crippen LogP contribution is 2.18. The molecule has 0 bridgehead atoms. The van der Waals surface area contributed by atoms with Crippen LogP contribution >= 0.6 is 25.0 Å². The van der Waals surface area contributed by atoms with E-state index in [1.54, 1.807) is 4.31 Å². The molecule has 0 aliphatic carbocycles. The first kappa shape index (κ1) is 33.2. The molecule has 1 atom stereocenters. The zero-order valence-corrected chi connectivity index (χ0v) is 23.9. The van der Waals surface area contributed by atoms with Crippen LogP contribution in [0.15, 0.2) is 0 Å². The summed E-state index contributed by atoms with van der Waals surface area (Å²) in [6.07, 6.45) is 18.2. The Morgan fingerprint density at radius 1 is 0.706 bits per heavy atom. The highest BCUT2D eigenvalue weighted by Gasteiger charge is 2.31. The molecule has 7 heteroatoms. The maximum Gasteiger partial charge on any atom is 0.316 e. The van der Waals surface area contributed by atoms with Gasteiger partial charge in [0.15, 0.2) is 0 Å². The minimum Gasteiger partial charge on any atom is -0.466 e. The number of carbonyl (C=O) groups is 2. The Labute approximate surface area is 220 Å². The summed E-state index contributed by atoms with van der Waals surface area (Å²) in [6.45, 7) is 7.82. The second-order valence-corrected chi connectivity index (χ2v) is 10.1. The second kappa shape index (κ2) is 23.9. The molecule has 0 amide bonds. The summed E-state index contributed by atoms with van der Waals surface area (Å²) in [7, 11) is 0. The molecule has 0 aromatic carbocycles. The number of ether oxygens (including phenoxy) is 2. The first-order valence-electron chi connectivity index (χ1n) is 13.8. The Morgan fingerprint density at radius 2 is 1.15 bits per heavy atom. The van der Waals surface area contributed by atoms with Crippen LogP contribution in [-0.2, 0) is 19.1 Å². The Balaban J connectivity index is 4.47. The third-order valence-electron chi connectivity index (χ3n) is 5.93. The number of esters is 2. The quantitative estimate of drug-likeness (QED) is 0.0644.